The first-order chi connectivity index (χ1) is 7.92. The lowest BCUT2D eigenvalue weighted by atomic mass is 9.91. The van der Waals surface area contributed by atoms with Gasteiger partial charge < -0.3 is 0 Å². The van der Waals surface area contributed by atoms with E-state index in [1.165, 1.54) is 44.4 Å². The van der Waals surface area contributed by atoms with Crippen LogP contribution in [0.15, 0.2) is 11.0 Å². The summed E-state index contributed by atoms with van der Waals surface area (Å²) in [6.45, 7) is 0. The Morgan fingerprint density at radius 3 is 3.00 bits per heavy atom. The van der Waals surface area contributed by atoms with E-state index in [2.05, 4.69) is 22.7 Å². The van der Waals surface area contributed by atoms with Crippen molar-refractivity contribution in [3.05, 3.63) is 11.0 Å². The van der Waals surface area contributed by atoms with Crippen LogP contribution in [0.2, 0.25) is 0 Å². The standard InChI is InChI=1S/C14H21NS/c1-2-4-14-12(3-1)15(9-16-14)13-8-10-5-6-11(13)7-10/h4,10-13H,1-3,5-9H2. The molecule has 0 aromatic heterocycles. The Kier molecular flexibility index (Phi) is 2.36. The lowest BCUT2D eigenvalue weighted by molar-refractivity contribution is 0.136. The summed E-state index contributed by atoms with van der Waals surface area (Å²) >= 11 is 2.14. The number of rotatable bonds is 1. The third-order valence-corrected chi connectivity index (χ3v) is 6.46. The first kappa shape index (κ1) is 10.0. The summed E-state index contributed by atoms with van der Waals surface area (Å²) < 4.78 is 0. The Morgan fingerprint density at radius 2 is 2.19 bits per heavy atom. The van der Waals surface area contributed by atoms with Gasteiger partial charge in [0.2, 0.25) is 0 Å². The van der Waals surface area contributed by atoms with Gasteiger partial charge in [-0.2, -0.15) is 0 Å². The predicted octanol–water partition coefficient (Wildman–Crippen LogP) is 3.62. The molecule has 1 nitrogen and oxygen atoms in total. The maximum absolute atomic E-state index is 2.87. The second kappa shape index (κ2) is 3.78. The molecule has 1 aliphatic heterocycles. The van der Waals surface area contributed by atoms with Gasteiger partial charge in [-0.15, -0.1) is 11.8 Å². The topological polar surface area (TPSA) is 3.24 Å². The van der Waals surface area contributed by atoms with E-state index in [0.717, 1.165) is 23.9 Å². The molecule has 2 heteroatoms. The van der Waals surface area contributed by atoms with Crippen LogP contribution in [0.4, 0.5) is 0 Å². The molecule has 4 rings (SSSR count). The molecule has 2 saturated carbocycles. The average molecular weight is 235 g/mol. The van der Waals surface area contributed by atoms with E-state index in [0.29, 0.717) is 0 Å². The number of allylic oxidation sites excluding steroid dienone is 1. The minimum atomic E-state index is 0.836. The van der Waals surface area contributed by atoms with Crippen molar-refractivity contribution in [2.75, 3.05) is 5.88 Å². The molecule has 0 N–H and O–H groups in total. The molecule has 4 atom stereocenters. The van der Waals surface area contributed by atoms with Gasteiger partial charge in [0.15, 0.2) is 0 Å². The van der Waals surface area contributed by atoms with Crippen LogP contribution in [0.3, 0.4) is 0 Å². The molecule has 1 heterocycles. The van der Waals surface area contributed by atoms with Crippen LogP contribution in [-0.2, 0) is 0 Å². The molecule has 88 valence electrons. The number of fused-ring (bicyclic) bond motifs is 3. The van der Waals surface area contributed by atoms with Crippen LogP contribution >= 0.6 is 11.8 Å². The quantitative estimate of drug-likeness (QED) is 0.683. The van der Waals surface area contributed by atoms with Gasteiger partial charge in [0.05, 0.1) is 0 Å². The van der Waals surface area contributed by atoms with Crippen molar-refractivity contribution < 1.29 is 0 Å². The molecule has 1 saturated heterocycles. The third-order valence-electron chi connectivity index (χ3n) is 5.26. The molecule has 0 spiro atoms. The van der Waals surface area contributed by atoms with E-state index < -0.39 is 0 Å². The highest BCUT2D eigenvalue weighted by Crippen LogP contribution is 2.51. The van der Waals surface area contributed by atoms with Crippen LogP contribution in [0.5, 0.6) is 0 Å². The normalized spacial score (nSPS) is 47.1. The zero-order valence-electron chi connectivity index (χ0n) is 9.90. The van der Waals surface area contributed by atoms with E-state index in [1.807, 2.05) is 0 Å². The summed E-state index contributed by atoms with van der Waals surface area (Å²) in [5.74, 6) is 3.45. The molecule has 4 unspecified atom stereocenters. The summed E-state index contributed by atoms with van der Waals surface area (Å²) in [5.41, 5.74) is 0. The Hall–Kier alpha value is 0.0500. The lowest BCUT2D eigenvalue weighted by Crippen LogP contribution is -2.42. The summed E-state index contributed by atoms with van der Waals surface area (Å²) in [7, 11) is 0. The zero-order chi connectivity index (χ0) is 10.5. The number of hydrogen-bond acceptors (Lipinski definition) is 2. The molecule has 2 bridgehead atoms. The van der Waals surface area contributed by atoms with Crippen LogP contribution in [-0.4, -0.2) is 22.9 Å². The van der Waals surface area contributed by atoms with Crippen molar-refractivity contribution in [3.8, 4) is 0 Å². The van der Waals surface area contributed by atoms with Crippen molar-refractivity contribution in [1.82, 2.24) is 4.90 Å². The Balaban J connectivity index is 1.56. The van der Waals surface area contributed by atoms with Gasteiger partial charge in [-0.3, -0.25) is 4.90 Å². The number of thioether (sulfide) groups is 1. The molecule has 3 fully saturated rings. The van der Waals surface area contributed by atoms with E-state index in [9.17, 15) is 0 Å². The molecule has 0 amide bonds. The van der Waals surface area contributed by atoms with Gasteiger partial charge >= 0.3 is 0 Å². The lowest BCUT2D eigenvalue weighted by Gasteiger charge is -2.36. The molecule has 0 radical (unpaired) electrons. The van der Waals surface area contributed by atoms with Crippen molar-refractivity contribution >= 4 is 11.8 Å². The van der Waals surface area contributed by atoms with Crippen molar-refractivity contribution in [2.24, 2.45) is 11.8 Å². The summed E-state index contributed by atoms with van der Waals surface area (Å²) in [6.07, 6.45) is 12.9. The Labute approximate surface area is 103 Å². The highest BCUT2D eigenvalue weighted by atomic mass is 32.2. The first-order valence-electron chi connectivity index (χ1n) is 7.00. The summed E-state index contributed by atoms with van der Waals surface area (Å²) in [6, 6.07) is 1.79. The highest BCUT2D eigenvalue weighted by Gasteiger charge is 2.46. The fraction of sp³-hybridized carbons (Fsp3) is 0.857. The Morgan fingerprint density at radius 1 is 1.19 bits per heavy atom. The minimum absolute atomic E-state index is 0.836. The van der Waals surface area contributed by atoms with Crippen LogP contribution < -0.4 is 0 Å². The summed E-state index contributed by atoms with van der Waals surface area (Å²) in [4.78, 5) is 4.59. The second-order valence-electron chi connectivity index (χ2n) is 6.08. The van der Waals surface area contributed by atoms with E-state index in [4.69, 9.17) is 0 Å². The van der Waals surface area contributed by atoms with E-state index >= 15 is 0 Å². The van der Waals surface area contributed by atoms with Crippen LogP contribution in [0.1, 0.15) is 44.9 Å². The highest BCUT2D eigenvalue weighted by molar-refractivity contribution is 8.03. The van der Waals surface area contributed by atoms with Gasteiger partial charge in [-0.25, -0.2) is 0 Å². The maximum Gasteiger partial charge on any atom is 0.0498 e. The molecule has 0 aromatic carbocycles. The third kappa shape index (κ3) is 1.42. The monoisotopic (exact) mass is 235 g/mol. The fourth-order valence-electron chi connectivity index (χ4n) is 4.50. The van der Waals surface area contributed by atoms with E-state index in [1.54, 1.807) is 11.3 Å². The van der Waals surface area contributed by atoms with Gasteiger partial charge in [-0.05, 0) is 55.3 Å². The fourth-order valence-corrected chi connectivity index (χ4v) is 5.85. The van der Waals surface area contributed by atoms with Crippen molar-refractivity contribution in [3.63, 3.8) is 0 Å². The average Bonchev–Trinajstić information content (AvgIpc) is 3.03. The SMILES string of the molecule is C1=C2SCN(C3CC4CCC3C4)C2CCC1. The first-order valence-corrected chi connectivity index (χ1v) is 7.99. The van der Waals surface area contributed by atoms with Crippen molar-refractivity contribution in [1.29, 1.82) is 0 Å². The second-order valence-corrected chi connectivity index (χ2v) is 7.10. The van der Waals surface area contributed by atoms with Gasteiger partial charge in [0, 0.05) is 18.0 Å². The van der Waals surface area contributed by atoms with E-state index in [-0.39, 0.29) is 0 Å². The molecular weight excluding hydrogens is 214 g/mol. The predicted molar refractivity (Wildman–Crippen MR) is 69.3 cm³/mol. The van der Waals surface area contributed by atoms with Crippen LogP contribution in [0.25, 0.3) is 0 Å². The van der Waals surface area contributed by atoms with Crippen LogP contribution in [0, 0.1) is 11.8 Å². The molecule has 16 heavy (non-hydrogen) atoms. The number of hydrogen-bond donors (Lipinski definition) is 0. The minimum Gasteiger partial charge on any atom is -0.283 e. The maximum atomic E-state index is 2.87. The zero-order valence-corrected chi connectivity index (χ0v) is 10.7. The Bertz CT molecular complexity index is 325. The molecule has 3 aliphatic carbocycles. The van der Waals surface area contributed by atoms with Gasteiger partial charge in [0.25, 0.3) is 0 Å². The molecular formula is C14H21NS. The summed E-state index contributed by atoms with van der Waals surface area (Å²) in [5, 5.41) is 0. The largest absolute Gasteiger partial charge is 0.283 e. The van der Waals surface area contributed by atoms with Gasteiger partial charge in [0.1, 0.15) is 0 Å². The van der Waals surface area contributed by atoms with Crippen molar-refractivity contribution in [2.45, 2.75) is 57.0 Å². The smallest absolute Gasteiger partial charge is 0.0498 e. The molecule has 4 aliphatic rings. The molecule has 0 aromatic rings. The van der Waals surface area contributed by atoms with Gasteiger partial charge in [-0.1, -0.05) is 12.5 Å². The number of nitrogens with zero attached hydrogens (tertiary/aromatic N) is 1.